The van der Waals surface area contributed by atoms with E-state index < -0.39 is 9.84 Å². The molecule has 0 aromatic rings. The molecule has 2 aliphatic heterocycles. The maximum Gasteiger partial charge on any atom is 0.164 e. The van der Waals surface area contributed by atoms with E-state index in [9.17, 15) is 8.42 Å². The van der Waals surface area contributed by atoms with Crippen molar-refractivity contribution in [3.05, 3.63) is 0 Å². The van der Waals surface area contributed by atoms with Crippen LogP contribution >= 0.6 is 0 Å². The highest BCUT2D eigenvalue weighted by Crippen LogP contribution is 2.33. The van der Waals surface area contributed by atoms with E-state index in [4.69, 9.17) is 0 Å². The summed E-state index contributed by atoms with van der Waals surface area (Å²) in [7, 11) is -0.481. The molecule has 0 aromatic carbocycles. The van der Waals surface area contributed by atoms with Crippen molar-refractivity contribution in [1.82, 2.24) is 0 Å². The first-order valence-corrected chi connectivity index (χ1v) is 7.23. The number of quaternary nitrogens is 1. The predicted octanol–water partition coefficient (Wildman–Crippen LogP) is -2.19. The van der Waals surface area contributed by atoms with E-state index in [1.807, 2.05) is 6.92 Å². The molecule has 2 saturated heterocycles. The molecular formula is C10H20INO2S. The molecule has 0 aromatic heterocycles. The lowest BCUT2D eigenvalue weighted by Crippen LogP contribution is -3.00. The van der Waals surface area contributed by atoms with Crippen molar-refractivity contribution in [2.24, 2.45) is 0 Å². The van der Waals surface area contributed by atoms with Gasteiger partial charge in [-0.05, 0) is 26.2 Å². The Labute approximate surface area is 110 Å². The van der Waals surface area contributed by atoms with Crippen molar-refractivity contribution >= 4 is 9.84 Å². The largest absolute Gasteiger partial charge is 1.00 e. The van der Waals surface area contributed by atoms with Gasteiger partial charge in [0.15, 0.2) is 9.84 Å². The molecule has 0 spiro atoms. The number of halogens is 1. The summed E-state index contributed by atoms with van der Waals surface area (Å²) in [6, 6.07) is 0.375. The van der Waals surface area contributed by atoms with Gasteiger partial charge < -0.3 is 28.5 Å². The second-order valence-corrected chi connectivity index (χ2v) is 7.49. The van der Waals surface area contributed by atoms with Crippen molar-refractivity contribution in [1.29, 1.82) is 0 Å². The van der Waals surface area contributed by atoms with Gasteiger partial charge in [0, 0.05) is 0 Å². The molecule has 0 radical (unpaired) electrons. The Morgan fingerprint density at radius 3 is 2.07 bits per heavy atom. The van der Waals surface area contributed by atoms with Crippen LogP contribution in [0, 0.1) is 0 Å². The van der Waals surface area contributed by atoms with E-state index in [0.717, 1.165) is 4.48 Å². The van der Waals surface area contributed by atoms with E-state index in [1.165, 1.54) is 32.4 Å². The third-order valence-electron chi connectivity index (χ3n) is 4.15. The van der Waals surface area contributed by atoms with E-state index in [0.29, 0.717) is 11.8 Å². The topological polar surface area (TPSA) is 34.1 Å². The molecule has 2 fully saturated rings. The standard InChI is InChI=1S/C10H20NO2S.HI/c1-9-10(8-14(9,12)13)11(2)6-4-3-5-7-11;/h9-10H,3-8H2,1-2H3;1H/q+1;/p-1. The van der Waals surface area contributed by atoms with Gasteiger partial charge in [-0.3, -0.25) is 0 Å². The van der Waals surface area contributed by atoms with E-state index in [-0.39, 0.29) is 29.2 Å². The summed E-state index contributed by atoms with van der Waals surface area (Å²) in [5.41, 5.74) is 0. The van der Waals surface area contributed by atoms with Crippen LogP contribution in [-0.4, -0.2) is 50.1 Å². The Morgan fingerprint density at radius 2 is 1.67 bits per heavy atom. The van der Waals surface area contributed by atoms with Crippen molar-refractivity contribution in [2.75, 3.05) is 25.9 Å². The van der Waals surface area contributed by atoms with Gasteiger partial charge in [0.05, 0.1) is 20.1 Å². The molecule has 3 nitrogen and oxygen atoms in total. The minimum Gasteiger partial charge on any atom is -1.00 e. The number of rotatable bonds is 1. The molecule has 15 heavy (non-hydrogen) atoms. The first kappa shape index (κ1) is 13.7. The maximum absolute atomic E-state index is 11.4. The van der Waals surface area contributed by atoms with Gasteiger partial charge in [-0.15, -0.1) is 0 Å². The Morgan fingerprint density at radius 1 is 1.13 bits per heavy atom. The van der Waals surface area contributed by atoms with Gasteiger partial charge in [0.25, 0.3) is 0 Å². The number of hydrogen-bond donors (Lipinski definition) is 0. The lowest BCUT2D eigenvalue weighted by Gasteiger charge is -2.50. The van der Waals surface area contributed by atoms with E-state index in [1.54, 1.807) is 0 Å². The van der Waals surface area contributed by atoms with E-state index in [2.05, 4.69) is 7.05 Å². The number of hydrogen-bond acceptors (Lipinski definition) is 2. The number of nitrogens with zero attached hydrogens (tertiary/aromatic N) is 1. The van der Waals surface area contributed by atoms with Gasteiger partial charge in [-0.25, -0.2) is 8.42 Å². The molecule has 2 unspecified atom stereocenters. The summed E-state index contributed by atoms with van der Waals surface area (Å²) in [5.74, 6) is 0.421. The van der Waals surface area contributed by atoms with Gasteiger partial charge in [-0.2, -0.15) is 0 Å². The Bertz CT molecular complexity index is 322. The summed E-state index contributed by atoms with van der Waals surface area (Å²) in [6.07, 6.45) is 3.85. The molecule has 0 aliphatic carbocycles. The second kappa shape index (κ2) is 4.49. The highest BCUT2D eigenvalue weighted by Gasteiger charge is 2.53. The molecule has 2 atom stereocenters. The quantitative estimate of drug-likeness (QED) is 0.400. The summed E-state index contributed by atoms with van der Waals surface area (Å²) < 4.78 is 23.8. The molecular weight excluding hydrogens is 325 g/mol. The number of likely N-dealkylation sites (tertiary alicyclic amines) is 1. The average Bonchev–Trinajstić information content (AvgIpc) is 2.15. The fourth-order valence-corrected chi connectivity index (χ4v) is 4.83. The average molecular weight is 345 g/mol. The highest BCUT2D eigenvalue weighted by molar-refractivity contribution is 7.93. The molecule has 0 amide bonds. The predicted molar refractivity (Wildman–Crippen MR) is 56.8 cm³/mol. The second-order valence-electron chi connectivity index (χ2n) is 5.09. The normalized spacial score (nSPS) is 37.5. The lowest BCUT2D eigenvalue weighted by atomic mass is 10.0. The molecule has 0 saturated carbocycles. The van der Waals surface area contributed by atoms with Crippen molar-refractivity contribution in [3.63, 3.8) is 0 Å². The molecule has 2 aliphatic rings. The van der Waals surface area contributed by atoms with Crippen LogP contribution in [0.5, 0.6) is 0 Å². The van der Waals surface area contributed by atoms with Gasteiger partial charge >= 0.3 is 0 Å². The minimum absolute atomic E-state index is 0. The summed E-state index contributed by atoms with van der Waals surface area (Å²) >= 11 is 0. The van der Waals surface area contributed by atoms with Crippen LogP contribution in [0.4, 0.5) is 0 Å². The number of piperidine rings is 1. The van der Waals surface area contributed by atoms with E-state index >= 15 is 0 Å². The van der Waals surface area contributed by atoms with Crippen molar-refractivity contribution in [3.8, 4) is 0 Å². The minimum atomic E-state index is -2.71. The van der Waals surface area contributed by atoms with Gasteiger partial charge in [0.1, 0.15) is 17.0 Å². The van der Waals surface area contributed by atoms with Crippen LogP contribution in [0.2, 0.25) is 0 Å². The van der Waals surface area contributed by atoms with Crippen molar-refractivity contribution < 1.29 is 36.9 Å². The summed E-state index contributed by atoms with van der Waals surface area (Å²) in [6.45, 7) is 4.22. The third-order valence-corrected chi connectivity index (χ3v) is 6.40. The summed E-state index contributed by atoms with van der Waals surface area (Å²) in [5, 5.41) is -0.106. The molecule has 0 bridgehead atoms. The molecule has 90 valence electrons. The van der Waals surface area contributed by atoms with Crippen LogP contribution in [0.3, 0.4) is 0 Å². The van der Waals surface area contributed by atoms with Crippen LogP contribution < -0.4 is 24.0 Å². The zero-order valence-electron chi connectivity index (χ0n) is 9.45. The monoisotopic (exact) mass is 345 g/mol. The maximum atomic E-state index is 11.4. The summed E-state index contributed by atoms with van der Waals surface area (Å²) in [4.78, 5) is 0. The van der Waals surface area contributed by atoms with Crippen LogP contribution in [0.1, 0.15) is 26.2 Å². The molecule has 5 heteroatoms. The van der Waals surface area contributed by atoms with Gasteiger partial charge in [0.2, 0.25) is 0 Å². The Hall–Kier alpha value is 0.640. The molecule has 2 heterocycles. The fraction of sp³-hybridized carbons (Fsp3) is 1.00. The lowest BCUT2D eigenvalue weighted by molar-refractivity contribution is -0.936. The molecule has 2 rings (SSSR count). The van der Waals surface area contributed by atoms with Crippen LogP contribution in [0.25, 0.3) is 0 Å². The number of sulfone groups is 1. The SMILES string of the molecule is CC1C([N+]2(C)CCCCC2)CS1(=O)=O.[I-]. The van der Waals surface area contributed by atoms with Gasteiger partial charge in [-0.1, -0.05) is 0 Å². The molecule has 0 N–H and O–H groups in total. The van der Waals surface area contributed by atoms with Crippen LogP contribution in [-0.2, 0) is 9.84 Å². The Kier molecular flexibility index (Phi) is 4.10. The first-order valence-electron chi connectivity index (χ1n) is 5.51. The first-order chi connectivity index (χ1) is 6.46. The third kappa shape index (κ3) is 2.34. The zero-order chi connectivity index (χ0) is 10.4. The Balaban J connectivity index is 0.00000112. The van der Waals surface area contributed by atoms with Crippen molar-refractivity contribution in [2.45, 2.75) is 37.5 Å². The zero-order valence-corrected chi connectivity index (χ0v) is 12.4. The highest BCUT2D eigenvalue weighted by atomic mass is 127. The smallest absolute Gasteiger partial charge is 0.164 e. The van der Waals surface area contributed by atoms with Crippen LogP contribution in [0.15, 0.2) is 0 Å². The fourth-order valence-electron chi connectivity index (χ4n) is 2.90.